The van der Waals surface area contributed by atoms with E-state index in [-0.39, 0.29) is 5.91 Å². The molecule has 0 aliphatic carbocycles. The molecule has 1 aromatic carbocycles. The van der Waals surface area contributed by atoms with Gasteiger partial charge in [-0.15, -0.1) is 6.42 Å². The summed E-state index contributed by atoms with van der Waals surface area (Å²) in [5, 5.41) is 2.81. The highest BCUT2D eigenvalue weighted by molar-refractivity contribution is 6.14. The number of methoxy groups -OCH3 is 1. The van der Waals surface area contributed by atoms with Crippen LogP contribution >= 0.6 is 0 Å². The Morgan fingerprint density at radius 1 is 1.31 bits per heavy atom. The van der Waals surface area contributed by atoms with Gasteiger partial charge in [0.15, 0.2) is 5.69 Å². The maximum atomic E-state index is 12.6. The van der Waals surface area contributed by atoms with Crippen LogP contribution in [0.15, 0.2) is 53.9 Å². The molecule has 1 aliphatic heterocycles. The summed E-state index contributed by atoms with van der Waals surface area (Å²) in [5.41, 5.74) is 4.97. The molecule has 1 aliphatic rings. The Labute approximate surface area is 168 Å². The normalized spacial score (nSPS) is 12.2. The van der Waals surface area contributed by atoms with Crippen molar-refractivity contribution in [2.45, 2.75) is 6.54 Å². The summed E-state index contributed by atoms with van der Waals surface area (Å²) in [5.74, 6) is 2.41. The zero-order valence-corrected chi connectivity index (χ0v) is 15.9. The van der Waals surface area contributed by atoms with Gasteiger partial charge in [0, 0.05) is 31.0 Å². The van der Waals surface area contributed by atoms with Crippen LogP contribution in [0, 0.1) is 12.3 Å². The number of benzene rings is 1. The Morgan fingerprint density at radius 2 is 2.21 bits per heavy atom. The lowest BCUT2D eigenvalue weighted by Crippen LogP contribution is -2.28. The third kappa shape index (κ3) is 3.53. The zero-order valence-electron chi connectivity index (χ0n) is 15.9. The molecule has 0 saturated carbocycles. The van der Waals surface area contributed by atoms with Gasteiger partial charge in [0.2, 0.25) is 0 Å². The number of rotatable bonds is 5. The minimum atomic E-state index is -0.255. The molecule has 3 heterocycles. The van der Waals surface area contributed by atoms with Crippen molar-refractivity contribution in [1.29, 1.82) is 0 Å². The molecule has 4 rings (SSSR count). The molecular formula is C22H19N5O2. The van der Waals surface area contributed by atoms with E-state index in [9.17, 15) is 4.79 Å². The van der Waals surface area contributed by atoms with Crippen molar-refractivity contribution in [3.8, 4) is 18.0 Å². The first-order valence-corrected chi connectivity index (χ1v) is 9.13. The first-order valence-electron chi connectivity index (χ1n) is 9.13. The highest BCUT2D eigenvalue weighted by Crippen LogP contribution is 2.27. The summed E-state index contributed by atoms with van der Waals surface area (Å²) in [6.07, 6.45) is 8.99. The summed E-state index contributed by atoms with van der Waals surface area (Å²) < 4.78 is 6.88. The number of nitrogens with one attached hydrogen (secondary N) is 1. The van der Waals surface area contributed by atoms with E-state index in [0.717, 1.165) is 28.2 Å². The number of terminal acetylenes is 1. The van der Waals surface area contributed by atoms with Gasteiger partial charge in [-0.3, -0.25) is 19.3 Å². The molecule has 0 unspecified atom stereocenters. The second-order valence-corrected chi connectivity index (χ2v) is 6.41. The number of aromatic nitrogens is 3. The third-order valence-electron chi connectivity index (χ3n) is 4.65. The zero-order chi connectivity index (χ0) is 20.2. The number of hydrogen-bond acceptors (Lipinski definition) is 5. The second kappa shape index (κ2) is 8.09. The number of carbonyl (C=O) groups excluding carboxylic acids is 1. The lowest BCUT2D eigenvalue weighted by molar-refractivity contribution is 0.0931. The molecule has 1 N–H and O–H groups in total. The third-order valence-corrected chi connectivity index (χ3v) is 4.65. The van der Waals surface area contributed by atoms with Gasteiger partial charge in [0.1, 0.15) is 6.33 Å². The highest BCUT2D eigenvalue weighted by Gasteiger charge is 2.24. The van der Waals surface area contributed by atoms with E-state index in [0.29, 0.717) is 31.1 Å². The molecule has 144 valence electrons. The summed E-state index contributed by atoms with van der Waals surface area (Å²) in [7, 11) is 1.59. The van der Waals surface area contributed by atoms with Gasteiger partial charge in [0.05, 0.1) is 35.9 Å². The molecule has 1 amide bonds. The van der Waals surface area contributed by atoms with Crippen LogP contribution in [0.1, 0.15) is 33.0 Å². The van der Waals surface area contributed by atoms with Crippen LogP contribution in [0.5, 0.6) is 0 Å². The van der Waals surface area contributed by atoms with Crippen LogP contribution in [0.25, 0.3) is 5.69 Å². The average Bonchev–Trinajstić information content (AvgIpc) is 3.11. The average molecular weight is 385 g/mol. The molecule has 0 atom stereocenters. The fourth-order valence-corrected chi connectivity index (χ4v) is 3.26. The van der Waals surface area contributed by atoms with Crippen molar-refractivity contribution in [3.05, 3.63) is 77.1 Å². The van der Waals surface area contributed by atoms with E-state index in [1.54, 1.807) is 19.6 Å². The molecule has 0 radical (unpaired) electrons. The smallest absolute Gasteiger partial charge is 0.271 e. The lowest BCUT2D eigenvalue weighted by Gasteiger charge is -2.12. The molecule has 0 spiro atoms. The fourth-order valence-electron chi connectivity index (χ4n) is 3.26. The standard InChI is InChI=1S/C22H19N5O2/c1-3-15-7-8-18-16(12-15)20(17-6-4-5-9-23-17)25-13-19-21(26-14-27(18)19)22(28)24-10-11-29-2/h1,4-9,12,14H,10-11,13H2,2H3,(H,24,28). The fraction of sp³-hybridized carbons (Fsp3) is 0.182. The topological polar surface area (TPSA) is 81.4 Å². The van der Waals surface area contributed by atoms with E-state index in [2.05, 4.69) is 21.2 Å². The Bertz CT molecular complexity index is 1130. The monoisotopic (exact) mass is 385 g/mol. The Balaban J connectivity index is 1.83. The van der Waals surface area contributed by atoms with Crippen molar-refractivity contribution in [2.75, 3.05) is 20.3 Å². The Kier molecular flexibility index (Phi) is 5.18. The van der Waals surface area contributed by atoms with E-state index in [1.807, 2.05) is 41.0 Å². The van der Waals surface area contributed by atoms with Crippen molar-refractivity contribution in [1.82, 2.24) is 19.9 Å². The Morgan fingerprint density at radius 3 is 2.97 bits per heavy atom. The minimum absolute atomic E-state index is 0.255. The van der Waals surface area contributed by atoms with Crippen molar-refractivity contribution < 1.29 is 9.53 Å². The van der Waals surface area contributed by atoms with Gasteiger partial charge in [-0.2, -0.15) is 0 Å². The predicted molar refractivity (Wildman–Crippen MR) is 109 cm³/mol. The van der Waals surface area contributed by atoms with Gasteiger partial charge in [0.25, 0.3) is 5.91 Å². The van der Waals surface area contributed by atoms with Crippen molar-refractivity contribution in [2.24, 2.45) is 4.99 Å². The molecule has 0 fully saturated rings. The van der Waals surface area contributed by atoms with Gasteiger partial charge >= 0.3 is 0 Å². The number of pyridine rings is 1. The number of ether oxygens (including phenoxy) is 1. The van der Waals surface area contributed by atoms with E-state index < -0.39 is 0 Å². The number of carbonyl (C=O) groups is 1. The molecule has 7 heteroatoms. The van der Waals surface area contributed by atoms with E-state index in [4.69, 9.17) is 16.2 Å². The van der Waals surface area contributed by atoms with Gasteiger partial charge < -0.3 is 10.1 Å². The van der Waals surface area contributed by atoms with Crippen LogP contribution in [-0.2, 0) is 11.3 Å². The number of aliphatic imine (C=N–C) groups is 1. The Hall–Kier alpha value is -3.76. The van der Waals surface area contributed by atoms with Crippen LogP contribution in [0.3, 0.4) is 0 Å². The van der Waals surface area contributed by atoms with Gasteiger partial charge in [-0.1, -0.05) is 12.0 Å². The summed E-state index contributed by atoms with van der Waals surface area (Å²) in [4.78, 5) is 26.2. The van der Waals surface area contributed by atoms with Crippen LogP contribution in [-0.4, -0.2) is 46.4 Å². The first-order chi connectivity index (χ1) is 14.2. The largest absolute Gasteiger partial charge is 0.383 e. The number of nitrogens with zero attached hydrogens (tertiary/aromatic N) is 4. The van der Waals surface area contributed by atoms with Crippen LogP contribution in [0.2, 0.25) is 0 Å². The molecule has 3 aromatic rings. The number of fused-ring (bicyclic) bond motifs is 3. The summed E-state index contributed by atoms with van der Waals surface area (Å²) in [6.45, 7) is 1.13. The minimum Gasteiger partial charge on any atom is -0.383 e. The SMILES string of the molecule is C#Cc1ccc2c(c1)C(c1ccccn1)=NCc1c(C(=O)NCCOC)ncn1-2. The highest BCUT2D eigenvalue weighted by atomic mass is 16.5. The van der Waals surface area contributed by atoms with E-state index >= 15 is 0 Å². The van der Waals surface area contributed by atoms with Crippen molar-refractivity contribution in [3.63, 3.8) is 0 Å². The molecule has 0 bridgehead atoms. The number of amides is 1. The van der Waals surface area contributed by atoms with Crippen molar-refractivity contribution >= 4 is 11.6 Å². The van der Waals surface area contributed by atoms with Crippen LogP contribution in [0.4, 0.5) is 0 Å². The number of imidazole rings is 1. The van der Waals surface area contributed by atoms with Crippen LogP contribution < -0.4 is 5.32 Å². The summed E-state index contributed by atoms with van der Waals surface area (Å²) >= 11 is 0. The molecule has 0 saturated heterocycles. The van der Waals surface area contributed by atoms with E-state index in [1.165, 1.54) is 0 Å². The van der Waals surface area contributed by atoms with Gasteiger partial charge in [-0.05, 0) is 30.3 Å². The molecule has 7 nitrogen and oxygen atoms in total. The lowest BCUT2D eigenvalue weighted by atomic mass is 10.0. The maximum absolute atomic E-state index is 12.6. The molecular weight excluding hydrogens is 366 g/mol. The second-order valence-electron chi connectivity index (χ2n) is 6.41. The maximum Gasteiger partial charge on any atom is 0.271 e. The first kappa shape index (κ1) is 18.6. The van der Waals surface area contributed by atoms with Gasteiger partial charge in [-0.25, -0.2) is 4.98 Å². The molecule has 29 heavy (non-hydrogen) atoms. The predicted octanol–water partition coefficient (Wildman–Crippen LogP) is 1.98. The molecule has 2 aromatic heterocycles. The number of hydrogen-bond donors (Lipinski definition) is 1. The summed E-state index contributed by atoms with van der Waals surface area (Å²) in [6, 6.07) is 11.4. The quantitative estimate of drug-likeness (QED) is 0.538.